The molecule has 1 aromatic rings. The Kier molecular flexibility index (Phi) is 8.12. The number of unbranched alkanes of at least 4 members (excludes halogenated alkanes) is 3. The van der Waals surface area contributed by atoms with Gasteiger partial charge in [-0.1, -0.05) is 43.5 Å². The van der Waals surface area contributed by atoms with E-state index < -0.39 is 0 Å². The second kappa shape index (κ2) is 9.49. The summed E-state index contributed by atoms with van der Waals surface area (Å²) in [5, 5.41) is 0.813. The predicted octanol–water partition coefficient (Wildman–Crippen LogP) is 4.68. The number of hydrogen-bond donors (Lipinski definition) is 0. The molecule has 0 unspecified atom stereocenters. The van der Waals surface area contributed by atoms with Crippen LogP contribution in [0.15, 0.2) is 24.3 Å². The van der Waals surface area contributed by atoms with Crippen LogP contribution in [0.3, 0.4) is 0 Å². The maximum absolute atomic E-state index is 5.83. The third-order valence-electron chi connectivity index (χ3n) is 2.71. The second-order valence-electron chi connectivity index (χ2n) is 4.26. The van der Waals surface area contributed by atoms with Crippen LogP contribution in [0.25, 0.3) is 0 Å². The zero-order valence-corrected chi connectivity index (χ0v) is 11.2. The van der Waals surface area contributed by atoms with E-state index in [1.165, 1.54) is 18.4 Å². The number of ether oxygens (including phenoxy) is 1. The van der Waals surface area contributed by atoms with Crippen molar-refractivity contribution in [3.05, 3.63) is 41.8 Å². The first-order valence-electron chi connectivity index (χ1n) is 6.44. The van der Waals surface area contributed by atoms with E-state index in [2.05, 4.69) is 19.1 Å². The summed E-state index contributed by atoms with van der Waals surface area (Å²) in [4.78, 5) is 0. The van der Waals surface area contributed by atoms with Crippen molar-refractivity contribution in [2.24, 2.45) is 0 Å². The van der Waals surface area contributed by atoms with E-state index >= 15 is 0 Å². The maximum atomic E-state index is 5.83. The third kappa shape index (κ3) is 7.40. The molecule has 0 saturated heterocycles. The number of hydrogen-bond acceptors (Lipinski definition) is 1. The molecule has 1 nitrogen and oxygen atoms in total. The molecule has 17 heavy (non-hydrogen) atoms. The lowest BCUT2D eigenvalue weighted by molar-refractivity contribution is 0.128. The fourth-order valence-electron chi connectivity index (χ4n) is 1.67. The highest BCUT2D eigenvalue weighted by Crippen LogP contribution is 2.12. The van der Waals surface area contributed by atoms with Crippen LogP contribution in [0, 0.1) is 6.92 Å². The summed E-state index contributed by atoms with van der Waals surface area (Å²) in [6, 6.07) is 8.12. The largest absolute Gasteiger partial charge is 0.381 e. The summed E-state index contributed by atoms with van der Waals surface area (Å²) in [7, 11) is 0. The summed E-state index contributed by atoms with van der Waals surface area (Å²) in [5.41, 5.74) is 1.37. The SMILES string of the molecule is [CH2]CCCOCCCCCc1ccc(Cl)cc1. The molecule has 1 rings (SSSR count). The first-order chi connectivity index (χ1) is 8.33. The highest BCUT2D eigenvalue weighted by atomic mass is 35.5. The van der Waals surface area contributed by atoms with Gasteiger partial charge in [0.2, 0.25) is 0 Å². The molecule has 0 spiro atoms. The van der Waals surface area contributed by atoms with Crippen molar-refractivity contribution >= 4 is 11.6 Å². The molecule has 0 aliphatic rings. The Morgan fingerprint density at radius 1 is 0.941 bits per heavy atom. The van der Waals surface area contributed by atoms with Crippen molar-refractivity contribution in [3.63, 3.8) is 0 Å². The topological polar surface area (TPSA) is 9.23 Å². The van der Waals surface area contributed by atoms with Gasteiger partial charge in [-0.15, -0.1) is 0 Å². The van der Waals surface area contributed by atoms with Gasteiger partial charge in [0.25, 0.3) is 0 Å². The molecule has 0 amide bonds. The van der Waals surface area contributed by atoms with Gasteiger partial charge in [0.1, 0.15) is 0 Å². The fraction of sp³-hybridized carbons (Fsp3) is 0.533. The molecule has 0 heterocycles. The van der Waals surface area contributed by atoms with Gasteiger partial charge in [0, 0.05) is 18.2 Å². The van der Waals surface area contributed by atoms with E-state index in [1.807, 2.05) is 12.1 Å². The molecule has 0 saturated carbocycles. The average Bonchev–Trinajstić information content (AvgIpc) is 2.35. The molecule has 1 aromatic carbocycles. The van der Waals surface area contributed by atoms with Gasteiger partial charge in [0.05, 0.1) is 0 Å². The Morgan fingerprint density at radius 3 is 2.35 bits per heavy atom. The number of aryl methyl sites for hydroxylation is 1. The highest BCUT2D eigenvalue weighted by molar-refractivity contribution is 6.30. The zero-order valence-electron chi connectivity index (χ0n) is 10.5. The minimum absolute atomic E-state index is 0.813. The molecule has 0 fully saturated rings. The smallest absolute Gasteiger partial charge is 0.0466 e. The minimum atomic E-state index is 0.813. The van der Waals surface area contributed by atoms with Crippen molar-refractivity contribution < 1.29 is 4.74 Å². The van der Waals surface area contributed by atoms with Crippen LogP contribution in [0.5, 0.6) is 0 Å². The van der Waals surface area contributed by atoms with Crippen molar-refractivity contribution in [2.45, 2.75) is 38.5 Å². The number of halogens is 1. The quantitative estimate of drug-likeness (QED) is 0.581. The lowest BCUT2D eigenvalue weighted by Gasteiger charge is -2.04. The Balaban J connectivity index is 1.95. The van der Waals surface area contributed by atoms with Crippen LogP contribution in [-0.2, 0) is 11.2 Å². The molecule has 0 aliphatic heterocycles. The zero-order chi connectivity index (χ0) is 12.3. The lowest BCUT2D eigenvalue weighted by Crippen LogP contribution is -1.97. The van der Waals surface area contributed by atoms with Crippen LogP contribution in [0.1, 0.15) is 37.7 Å². The Morgan fingerprint density at radius 2 is 1.65 bits per heavy atom. The van der Waals surface area contributed by atoms with Gasteiger partial charge in [-0.3, -0.25) is 0 Å². The van der Waals surface area contributed by atoms with E-state index in [4.69, 9.17) is 16.3 Å². The summed E-state index contributed by atoms with van der Waals surface area (Å²) < 4.78 is 5.48. The third-order valence-corrected chi connectivity index (χ3v) is 2.96. The Bertz CT molecular complexity index is 281. The first kappa shape index (κ1) is 14.5. The van der Waals surface area contributed by atoms with Crippen LogP contribution < -0.4 is 0 Å². The van der Waals surface area contributed by atoms with Gasteiger partial charge >= 0.3 is 0 Å². The molecular formula is C15H22ClO. The van der Waals surface area contributed by atoms with Gasteiger partial charge < -0.3 is 4.74 Å². The number of rotatable bonds is 9. The van der Waals surface area contributed by atoms with E-state index in [0.29, 0.717) is 0 Å². The molecule has 95 valence electrons. The van der Waals surface area contributed by atoms with Gasteiger partial charge in [0.15, 0.2) is 0 Å². The molecule has 0 aliphatic carbocycles. The average molecular weight is 254 g/mol. The molecule has 0 bridgehead atoms. The van der Waals surface area contributed by atoms with E-state index in [1.54, 1.807) is 0 Å². The molecule has 1 radical (unpaired) electrons. The summed E-state index contributed by atoms with van der Waals surface area (Å²) in [5.74, 6) is 0. The molecule has 0 N–H and O–H groups in total. The molecule has 0 atom stereocenters. The second-order valence-corrected chi connectivity index (χ2v) is 4.69. The normalized spacial score (nSPS) is 10.7. The molecule has 2 heteroatoms. The summed E-state index contributed by atoms with van der Waals surface area (Å²) in [6.07, 6.45) is 6.79. The molecule has 0 aromatic heterocycles. The standard InChI is InChI=1S/C15H22ClO/c1-2-3-12-17-13-6-4-5-7-14-8-10-15(16)11-9-14/h8-11H,1-7,12-13H2. The van der Waals surface area contributed by atoms with Gasteiger partial charge in [-0.25, -0.2) is 0 Å². The monoisotopic (exact) mass is 253 g/mol. The van der Waals surface area contributed by atoms with Crippen molar-refractivity contribution in [1.82, 2.24) is 0 Å². The summed E-state index contributed by atoms with van der Waals surface area (Å²) >= 11 is 5.83. The van der Waals surface area contributed by atoms with Crippen LogP contribution in [0.4, 0.5) is 0 Å². The van der Waals surface area contributed by atoms with Gasteiger partial charge in [-0.2, -0.15) is 0 Å². The van der Waals surface area contributed by atoms with Crippen LogP contribution in [-0.4, -0.2) is 13.2 Å². The van der Waals surface area contributed by atoms with Crippen molar-refractivity contribution in [2.75, 3.05) is 13.2 Å². The Hall–Kier alpha value is -0.530. The van der Waals surface area contributed by atoms with Crippen molar-refractivity contribution in [1.29, 1.82) is 0 Å². The maximum Gasteiger partial charge on any atom is 0.0466 e. The minimum Gasteiger partial charge on any atom is -0.381 e. The van der Waals surface area contributed by atoms with Crippen molar-refractivity contribution in [3.8, 4) is 0 Å². The van der Waals surface area contributed by atoms with Gasteiger partial charge in [-0.05, 0) is 43.4 Å². The highest BCUT2D eigenvalue weighted by Gasteiger charge is 1.94. The first-order valence-corrected chi connectivity index (χ1v) is 6.82. The van der Waals surface area contributed by atoms with Crippen LogP contribution in [0.2, 0.25) is 5.02 Å². The lowest BCUT2D eigenvalue weighted by atomic mass is 10.1. The fourth-order valence-corrected chi connectivity index (χ4v) is 1.79. The summed E-state index contributed by atoms with van der Waals surface area (Å²) in [6.45, 7) is 5.53. The molecular weight excluding hydrogens is 232 g/mol. The predicted molar refractivity (Wildman–Crippen MR) is 74.4 cm³/mol. The van der Waals surface area contributed by atoms with E-state index in [9.17, 15) is 0 Å². The number of benzene rings is 1. The van der Waals surface area contributed by atoms with E-state index in [-0.39, 0.29) is 0 Å². The van der Waals surface area contributed by atoms with Crippen LogP contribution >= 0.6 is 11.6 Å². The Labute approximate surface area is 110 Å². The van der Waals surface area contributed by atoms with E-state index in [0.717, 1.165) is 43.9 Å².